The maximum Gasteiger partial charge on any atom is 0.306 e. The first-order chi connectivity index (χ1) is 21.2. The summed E-state index contributed by atoms with van der Waals surface area (Å²) in [4.78, 5) is 24.2. The second-order valence-electron chi connectivity index (χ2n) is 13.0. The largest absolute Gasteiger partial charge is 0.462 e. The summed E-state index contributed by atoms with van der Waals surface area (Å²) in [6.07, 6.45) is 20.6. The molecule has 1 saturated carbocycles. The lowest BCUT2D eigenvalue weighted by atomic mass is 9.89. The zero-order valence-corrected chi connectivity index (χ0v) is 27.9. The molecule has 8 nitrogen and oxygen atoms in total. The van der Waals surface area contributed by atoms with Gasteiger partial charge in [0.1, 0.15) is 6.61 Å². The van der Waals surface area contributed by atoms with Gasteiger partial charge in [0.2, 0.25) is 0 Å². The zero-order chi connectivity index (χ0) is 32.6. The molecular formula is C36H64O8. The third-order valence-electron chi connectivity index (χ3n) is 8.50. The molecule has 8 heteroatoms. The molecule has 1 rings (SSSR count). The van der Waals surface area contributed by atoms with Crippen LogP contribution >= 0.6 is 0 Å². The fourth-order valence-corrected chi connectivity index (χ4v) is 5.73. The SMILES string of the molecule is CCCCC[C@H](O)/C=C/[C@@H]1[C@@H](C/C=C/CCCC(=O)OC[C@H](CO)OC(=O)CCCCCCCCCC(C)C)[C@@H](O)C[C@H]1O. The average Bonchev–Trinajstić information content (AvgIpc) is 3.26. The molecule has 0 aromatic heterocycles. The van der Waals surface area contributed by atoms with Crippen molar-refractivity contribution in [2.45, 2.75) is 161 Å². The monoisotopic (exact) mass is 624 g/mol. The molecule has 1 aliphatic rings. The third-order valence-corrected chi connectivity index (χ3v) is 8.50. The molecule has 1 aliphatic carbocycles. The first-order valence-electron chi connectivity index (χ1n) is 17.5. The third kappa shape index (κ3) is 19.6. The Morgan fingerprint density at radius 1 is 0.841 bits per heavy atom. The van der Waals surface area contributed by atoms with Gasteiger partial charge in [0, 0.05) is 25.2 Å². The molecule has 256 valence electrons. The smallest absolute Gasteiger partial charge is 0.306 e. The number of aliphatic hydroxyl groups is 4. The number of esters is 2. The molecule has 0 radical (unpaired) electrons. The van der Waals surface area contributed by atoms with Crippen LogP contribution in [-0.2, 0) is 19.1 Å². The predicted molar refractivity (Wildman–Crippen MR) is 175 cm³/mol. The van der Waals surface area contributed by atoms with Crippen LogP contribution in [0.3, 0.4) is 0 Å². The topological polar surface area (TPSA) is 134 Å². The van der Waals surface area contributed by atoms with Gasteiger partial charge in [-0.1, -0.05) is 109 Å². The normalized spacial score (nSPS) is 21.8. The van der Waals surface area contributed by atoms with E-state index in [0.717, 1.165) is 44.4 Å². The summed E-state index contributed by atoms with van der Waals surface area (Å²) in [5.74, 6) is -0.326. The fraction of sp³-hybridized carbons (Fsp3) is 0.833. The Kier molecular flexibility index (Phi) is 23.3. The predicted octanol–water partition coefficient (Wildman–Crippen LogP) is 6.57. The highest BCUT2D eigenvalue weighted by Crippen LogP contribution is 2.36. The Morgan fingerprint density at radius 2 is 1.50 bits per heavy atom. The van der Waals surface area contributed by atoms with E-state index in [1.54, 1.807) is 6.08 Å². The maximum absolute atomic E-state index is 12.1. The molecule has 6 atom stereocenters. The lowest BCUT2D eigenvalue weighted by Crippen LogP contribution is -2.28. The number of ether oxygens (including phenoxy) is 2. The van der Waals surface area contributed by atoms with Gasteiger partial charge in [0.25, 0.3) is 0 Å². The molecule has 4 N–H and O–H groups in total. The van der Waals surface area contributed by atoms with Crippen LogP contribution in [0.1, 0.15) is 136 Å². The highest BCUT2D eigenvalue weighted by molar-refractivity contribution is 5.70. The standard InChI is InChI=1S/C36H64O8/c1-4-5-13-19-29(38)23-24-32-31(33(39)25-34(32)40)20-15-11-12-16-21-35(41)43-27-30(26-37)44-36(42)22-17-10-8-6-7-9-14-18-28(2)3/h11,15,23-24,28-34,37-40H,4-10,12-14,16-22,25-27H2,1-3H3/b15-11+,24-23+/t29-,30-,31+,32+,33-,34+/m0/s1. The number of hydrogen-bond acceptors (Lipinski definition) is 8. The summed E-state index contributed by atoms with van der Waals surface area (Å²) in [6.45, 7) is 6.08. The van der Waals surface area contributed by atoms with Crippen LogP contribution in [0, 0.1) is 17.8 Å². The van der Waals surface area contributed by atoms with Crippen molar-refractivity contribution in [1.29, 1.82) is 0 Å². The number of aliphatic hydroxyl groups excluding tert-OH is 4. The molecule has 0 aromatic rings. The van der Waals surface area contributed by atoms with Crippen molar-refractivity contribution in [2.24, 2.45) is 17.8 Å². The van der Waals surface area contributed by atoms with Crippen LogP contribution in [0.5, 0.6) is 0 Å². The summed E-state index contributed by atoms with van der Waals surface area (Å²) >= 11 is 0. The molecular weight excluding hydrogens is 560 g/mol. The van der Waals surface area contributed by atoms with Crippen molar-refractivity contribution in [2.75, 3.05) is 13.2 Å². The van der Waals surface area contributed by atoms with E-state index in [9.17, 15) is 30.0 Å². The van der Waals surface area contributed by atoms with Crippen LogP contribution in [0.15, 0.2) is 24.3 Å². The molecule has 0 aromatic carbocycles. The minimum Gasteiger partial charge on any atom is -0.462 e. The van der Waals surface area contributed by atoms with Crippen LogP contribution in [-0.4, -0.2) is 70.0 Å². The van der Waals surface area contributed by atoms with Gasteiger partial charge in [0.15, 0.2) is 6.10 Å². The first-order valence-corrected chi connectivity index (χ1v) is 17.5. The van der Waals surface area contributed by atoms with Gasteiger partial charge in [-0.15, -0.1) is 0 Å². The van der Waals surface area contributed by atoms with Gasteiger partial charge in [0.05, 0.1) is 24.9 Å². The molecule has 0 unspecified atom stereocenters. The number of allylic oxidation sites excluding steroid dienone is 2. The molecule has 44 heavy (non-hydrogen) atoms. The van der Waals surface area contributed by atoms with Gasteiger partial charge in [-0.25, -0.2) is 0 Å². The number of carbonyl (C=O) groups excluding carboxylic acids is 2. The van der Waals surface area contributed by atoms with Crippen molar-refractivity contribution in [3.63, 3.8) is 0 Å². The average molecular weight is 625 g/mol. The summed E-state index contributed by atoms with van der Waals surface area (Å²) in [7, 11) is 0. The van der Waals surface area contributed by atoms with Gasteiger partial charge in [-0.3, -0.25) is 9.59 Å². The van der Waals surface area contributed by atoms with E-state index in [2.05, 4.69) is 20.8 Å². The van der Waals surface area contributed by atoms with E-state index in [1.165, 1.54) is 32.1 Å². The fourth-order valence-electron chi connectivity index (χ4n) is 5.73. The van der Waals surface area contributed by atoms with Crippen molar-refractivity contribution < 1.29 is 39.5 Å². The van der Waals surface area contributed by atoms with E-state index >= 15 is 0 Å². The van der Waals surface area contributed by atoms with Gasteiger partial charge in [-0.2, -0.15) is 0 Å². The molecule has 1 fully saturated rings. The lowest BCUT2D eigenvalue weighted by Gasteiger charge is -2.19. The first kappa shape index (κ1) is 40.3. The zero-order valence-electron chi connectivity index (χ0n) is 27.9. The molecule has 0 heterocycles. The van der Waals surface area contributed by atoms with Crippen molar-refractivity contribution in [1.82, 2.24) is 0 Å². The van der Waals surface area contributed by atoms with Crippen LogP contribution in [0.25, 0.3) is 0 Å². The summed E-state index contributed by atoms with van der Waals surface area (Å²) in [5.41, 5.74) is 0. The van der Waals surface area contributed by atoms with Gasteiger partial charge >= 0.3 is 11.9 Å². The number of carbonyl (C=O) groups is 2. The maximum atomic E-state index is 12.1. The number of unbranched alkanes of at least 4 members (excludes halogenated alkanes) is 9. The second kappa shape index (κ2) is 25.5. The van der Waals surface area contributed by atoms with Crippen LogP contribution in [0.2, 0.25) is 0 Å². The molecule has 0 spiro atoms. The van der Waals surface area contributed by atoms with E-state index in [-0.39, 0.29) is 30.8 Å². The van der Waals surface area contributed by atoms with Crippen LogP contribution in [0.4, 0.5) is 0 Å². The highest BCUT2D eigenvalue weighted by Gasteiger charge is 2.39. The Morgan fingerprint density at radius 3 is 2.18 bits per heavy atom. The minimum absolute atomic E-state index is 0.118. The Labute approximate surface area is 267 Å². The van der Waals surface area contributed by atoms with E-state index < -0.39 is 37.0 Å². The molecule has 0 amide bonds. The molecule has 0 saturated heterocycles. The lowest BCUT2D eigenvalue weighted by molar-refractivity contribution is -0.161. The van der Waals surface area contributed by atoms with Gasteiger partial charge < -0.3 is 29.9 Å². The van der Waals surface area contributed by atoms with E-state index in [4.69, 9.17) is 9.47 Å². The van der Waals surface area contributed by atoms with Crippen LogP contribution < -0.4 is 0 Å². The Bertz CT molecular complexity index is 795. The summed E-state index contributed by atoms with van der Waals surface area (Å²) in [6, 6.07) is 0. The minimum atomic E-state index is -0.847. The highest BCUT2D eigenvalue weighted by atomic mass is 16.6. The summed E-state index contributed by atoms with van der Waals surface area (Å²) < 4.78 is 10.5. The number of rotatable bonds is 26. The van der Waals surface area contributed by atoms with Gasteiger partial charge in [-0.05, 0) is 43.9 Å². The quantitative estimate of drug-likeness (QED) is 0.0482. The van der Waals surface area contributed by atoms with Crippen molar-refractivity contribution in [3.05, 3.63) is 24.3 Å². The molecule has 0 aliphatic heterocycles. The van der Waals surface area contributed by atoms with Crippen molar-refractivity contribution >= 4 is 11.9 Å². The number of hydrogen-bond donors (Lipinski definition) is 4. The van der Waals surface area contributed by atoms with E-state index in [1.807, 2.05) is 18.2 Å². The van der Waals surface area contributed by atoms with E-state index in [0.29, 0.717) is 38.5 Å². The molecule has 0 bridgehead atoms. The second-order valence-corrected chi connectivity index (χ2v) is 13.0. The Hall–Kier alpha value is -1.74. The summed E-state index contributed by atoms with van der Waals surface area (Å²) in [5, 5.41) is 40.5. The van der Waals surface area contributed by atoms with Crippen molar-refractivity contribution in [3.8, 4) is 0 Å². The Balaban J connectivity index is 2.20.